The lowest BCUT2D eigenvalue weighted by atomic mass is 9.86. The van der Waals surface area contributed by atoms with Crippen LogP contribution < -0.4 is 14.8 Å². The lowest BCUT2D eigenvalue weighted by Crippen LogP contribution is -2.64. The van der Waals surface area contributed by atoms with Crippen molar-refractivity contribution in [1.29, 1.82) is 0 Å². The zero-order valence-electron chi connectivity index (χ0n) is 21.5. The van der Waals surface area contributed by atoms with Crippen LogP contribution in [0.25, 0.3) is 0 Å². The number of carbonyl (C=O) groups excluding carboxylic acids is 3. The number of rotatable bonds is 7. The second kappa shape index (κ2) is 10.2. The molecule has 1 fully saturated rings. The summed E-state index contributed by atoms with van der Waals surface area (Å²) in [6.45, 7) is 4.18. The molecule has 0 radical (unpaired) electrons. The van der Waals surface area contributed by atoms with Gasteiger partial charge in [0.15, 0.2) is 5.69 Å². The SMILES string of the molecule is COC(=O)c1cc2n(n1)C[C@](C)(C(=O)NC1CCC(C)CC1)N(Cc1ccc(OC)cc1OC)C2=O. The zero-order chi connectivity index (χ0) is 26.0. The number of esters is 1. The number of carbonyl (C=O) groups is 3. The van der Waals surface area contributed by atoms with Crippen LogP contribution in [0.2, 0.25) is 0 Å². The van der Waals surface area contributed by atoms with Crippen LogP contribution >= 0.6 is 0 Å². The molecule has 1 aliphatic heterocycles. The van der Waals surface area contributed by atoms with Gasteiger partial charge in [-0.2, -0.15) is 5.10 Å². The maximum absolute atomic E-state index is 13.8. The van der Waals surface area contributed by atoms with Crippen molar-refractivity contribution in [2.75, 3.05) is 21.3 Å². The molecule has 1 aromatic carbocycles. The highest BCUT2D eigenvalue weighted by Gasteiger charge is 2.49. The van der Waals surface area contributed by atoms with Gasteiger partial charge in [-0.15, -0.1) is 0 Å². The van der Waals surface area contributed by atoms with Gasteiger partial charge in [0.25, 0.3) is 5.91 Å². The summed E-state index contributed by atoms with van der Waals surface area (Å²) in [7, 11) is 4.37. The third-order valence-corrected chi connectivity index (χ3v) is 7.36. The minimum atomic E-state index is -1.25. The van der Waals surface area contributed by atoms with E-state index in [1.165, 1.54) is 22.8 Å². The van der Waals surface area contributed by atoms with Gasteiger partial charge < -0.3 is 24.4 Å². The molecule has 1 aliphatic carbocycles. The van der Waals surface area contributed by atoms with E-state index in [-0.39, 0.29) is 36.4 Å². The van der Waals surface area contributed by atoms with Gasteiger partial charge >= 0.3 is 5.97 Å². The third-order valence-electron chi connectivity index (χ3n) is 7.36. The highest BCUT2D eigenvalue weighted by molar-refractivity contribution is 6.01. The van der Waals surface area contributed by atoms with Crippen molar-refractivity contribution in [1.82, 2.24) is 20.0 Å². The Morgan fingerprint density at radius 1 is 1.11 bits per heavy atom. The number of nitrogens with zero attached hydrogens (tertiary/aromatic N) is 3. The van der Waals surface area contributed by atoms with Gasteiger partial charge in [0, 0.05) is 23.7 Å². The third kappa shape index (κ3) is 4.76. The van der Waals surface area contributed by atoms with Gasteiger partial charge in [0.2, 0.25) is 5.91 Å². The Balaban J connectivity index is 1.70. The quantitative estimate of drug-likeness (QED) is 0.584. The first kappa shape index (κ1) is 25.5. The standard InChI is InChI=1S/C26H34N4O6/c1-16-6-9-18(10-7-16)27-25(33)26(2)15-30-21(13-20(28-30)24(32)36-5)23(31)29(26)14-17-8-11-19(34-3)12-22(17)35-4/h8,11-13,16,18H,6-7,9-10,14-15H2,1-5H3,(H,27,33)/t16?,18?,26-/m1/s1. The smallest absolute Gasteiger partial charge is 0.358 e. The fourth-order valence-corrected chi connectivity index (χ4v) is 4.99. The topological polar surface area (TPSA) is 112 Å². The molecule has 1 saturated carbocycles. The Bertz CT molecular complexity index is 1150. The first-order chi connectivity index (χ1) is 17.2. The number of ether oxygens (including phenoxy) is 3. The molecular formula is C26H34N4O6. The van der Waals surface area contributed by atoms with Crippen LogP contribution in [-0.2, 0) is 22.6 Å². The molecule has 0 bridgehead atoms. The first-order valence-corrected chi connectivity index (χ1v) is 12.2. The molecule has 2 heterocycles. The molecule has 4 rings (SSSR count). The molecule has 10 nitrogen and oxygen atoms in total. The average molecular weight is 499 g/mol. The minimum absolute atomic E-state index is 0.0220. The van der Waals surface area contributed by atoms with Gasteiger partial charge in [-0.1, -0.05) is 6.92 Å². The molecule has 2 aromatic rings. The van der Waals surface area contributed by atoms with Crippen molar-refractivity contribution in [2.45, 2.75) is 64.2 Å². The summed E-state index contributed by atoms with van der Waals surface area (Å²) in [4.78, 5) is 41.2. The van der Waals surface area contributed by atoms with Gasteiger partial charge in [0.05, 0.1) is 34.4 Å². The van der Waals surface area contributed by atoms with E-state index in [2.05, 4.69) is 17.3 Å². The second-order valence-corrected chi connectivity index (χ2v) is 9.84. The number of benzene rings is 1. The van der Waals surface area contributed by atoms with Crippen LogP contribution in [0.15, 0.2) is 24.3 Å². The number of aromatic nitrogens is 2. The van der Waals surface area contributed by atoms with Crippen molar-refractivity contribution < 1.29 is 28.6 Å². The average Bonchev–Trinajstić information content (AvgIpc) is 3.31. The number of hydrogen-bond acceptors (Lipinski definition) is 7. The van der Waals surface area contributed by atoms with E-state index in [1.54, 1.807) is 33.3 Å². The van der Waals surface area contributed by atoms with Crippen LogP contribution in [0.3, 0.4) is 0 Å². The predicted molar refractivity (Wildman–Crippen MR) is 131 cm³/mol. The zero-order valence-corrected chi connectivity index (χ0v) is 21.5. The normalized spacial score (nSPS) is 23.6. The Hall–Kier alpha value is -3.56. The first-order valence-electron chi connectivity index (χ1n) is 12.2. The van der Waals surface area contributed by atoms with E-state index in [0.29, 0.717) is 17.4 Å². The highest BCUT2D eigenvalue weighted by atomic mass is 16.5. The molecule has 0 saturated heterocycles. The Labute approximate surface area is 210 Å². The summed E-state index contributed by atoms with van der Waals surface area (Å²) in [6, 6.07) is 6.81. The summed E-state index contributed by atoms with van der Waals surface area (Å²) in [5, 5.41) is 7.47. The summed E-state index contributed by atoms with van der Waals surface area (Å²) in [5.41, 5.74) is -0.288. The van der Waals surface area contributed by atoms with Crippen molar-refractivity contribution >= 4 is 17.8 Å². The van der Waals surface area contributed by atoms with Gasteiger partial charge in [-0.25, -0.2) is 4.79 Å². The molecule has 2 amide bonds. The number of methoxy groups -OCH3 is 3. The van der Waals surface area contributed by atoms with Crippen molar-refractivity contribution in [2.24, 2.45) is 5.92 Å². The molecule has 0 unspecified atom stereocenters. The fourth-order valence-electron chi connectivity index (χ4n) is 4.99. The molecule has 10 heteroatoms. The van der Waals surface area contributed by atoms with Crippen LogP contribution in [0.5, 0.6) is 11.5 Å². The highest BCUT2D eigenvalue weighted by Crippen LogP contribution is 2.34. The second-order valence-electron chi connectivity index (χ2n) is 9.84. The number of hydrogen-bond donors (Lipinski definition) is 1. The molecular weight excluding hydrogens is 464 g/mol. The van der Waals surface area contributed by atoms with E-state index in [1.807, 2.05) is 6.07 Å². The molecule has 36 heavy (non-hydrogen) atoms. The summed E-state index contributed by atoms with van der Waals surface area (Å²) in [6.07, 6.45) is 3.92. The number of amides is 2. The molecule has 2 aliphatic rings. The van der Waals surface area contributed by atoms with Gasteiger partial charge in [-0.3, -0.25) is 14.3 Å². The molecule has 0 spiro atoms. The summed E-state index contributed by atoms with van der Waals surface area (Å²) in [5.74, 6) is 0.511. The van der Waals surface area contributed by atoms with Crippen LogP contribution in [0.1, 0.15) is 66.1 Å². The number of fused-ring (bicyclic) bond motifs is 1. The van der Waals surface area contributed by atoms with Crippen LogP contribution in [0, 0.1) is 5.92 Å². The van der Waals surface area contributed by atoms with Gasteiger partial charge in [-0.05, 0) is 50.7 Å². The summed E-state index contributed by atoms with van der Waals surface area (Å²) < 4.78 is 17.1. The van der Waals surface area contributed by atoms with Gasteiger partial charge in [0.1, 0.15) is 22.7 Å². The Morgan fingerprint density at radius 2 is 1.83 bits per heavy atom. The van der Waals surface area contributed by atoms with Crippen molar-refractivity contribution in [3.05, 3.63) is 41.2 Å². The van der Waals surface area contributed by atoms with Crippen LogP contribution in [-0.4, -0.2) is 65.4 Å². The lowest BCUT2D eigenvalue weighted by molar-refractivity contribution is -0.134. The van der Waals surface area contributed by atoms with E-state index in [0.717, 1.165) is 31.2 Å². The fraction of sp³-hybridized carbons (Fsp3) is 0.538. The molecule has 1 N–H and O–H groups in total. The van der Waals surface area contributed by atoms with E-state index in [4.69, 9.17) is 14.2 Å². The Morgan fingerprint density at radius 3 is 2.47 bits per heavy atom. The summed E-state index contributed by atoms with van der Waals surface area (Å²) >= 11 is 0. The van der Waals surface area contributed by atoms with E-state index in [9.17, 15) is 14.4 Å². The lowest BCUT2D eigenvalue weighted by Gasteiger charge is -2.44. The van der Waals surface area contributed by atoms with E-state index >= 15 is 0 Å². The van der Waals surface area contributed by atoms with E-state index < -0.39 is 17.4 Å². The predicted octanol–water partition coefficient (Wildman–Crippen LogP) is 2.80. The largest absolute Gasteiger partial charge is 0.497 e. The maximum atomic E-state index is 13.8. The minimum Gasteiger partial charge on any atom is -0.497 e. The molecule has 1 aromatic heterocycles. The maximum Gasteiger partial charge on any atom is 0.358 e. The van der Waals surface area contributed by atoms with Crippen molar-refractivity contribution in [3.8, 4) is 11.5 Å². The van der Waals surface area contributed by atoms with Crippen LogP contribution in [0.4, 0.5) is 0 Å². The molecule has 1 atom stereocenters. The number of nitrogens with one attached hydrogen (secondary N) is 1. The molecule has 194 valence electrons. The Kier molecular flexibility index (Phi) is 7.23. The van der Waals surface area contributed by atoms with Crippen molar-refractivity contribution in [3.63, 3.8) is 0 Å². The monoisotopic (exact) mass is 498 g/mol.